The number of nitriles is 1. The van der Waals surface area contributed by atoms with Crippen molar-refractivity contribution in [3.63, 3.8) is 0 Å². The minimum Gasteiger partial charge on any atom is -0.491 e. The van der Waals surface area contributed by atoms with Gasteiger partial charge in [-0.15, -0.1) is 0 Å². The maximum absolute atomic E-state index is 8.96. The second-order valence-electron chi connectivity index (χ2n) is 5.07. The van der Waals surface area contributed by atoms with E-state index in [4.69, 9.17) is 10.00 Å². The minimum absolute atomic E-state index is 0.391. The molecule has 6 nitrogen and oxygen atoms in total. The number of ether oxygens (including phenoxy) is 1. The molecule has 0 amide bonds. The number of hydrogen-bond acceptors (Lipinski definition) is 5. The fourth-order valence-electron chi connectivity index (χ4n) is 2.14. The molecule has 106 valence electrons. The van der Waals surface area contributed by atoms with Crippen LogP contribution in [0.3, 0.4) is 0 Å². The highest BCUT2D eigenvalue weighted by Gasteiger charge is 2.08. The molecule has 6 heteroatoms. The summed E-state index contributed by atoms with van der Waals surface area (Å²) in [6.45, 7) is 1.45. The van der Waals surface area contributed by atoms with Crippen molar-refractivity contribution in [1.82, 2.24) is 19.9 Å². The lowest BCUT2D eigenvalue weighted by Gasteiger charge is -2.10. The van der Waals surface area contributed by atoms with E-state index in [1.807, 2.05) is 20.2 Å². The highest BCUT2D eigenvalue weighted by Crippen LogP contribution is 2.27. The average molecular weight is 281 g/mol. The lowest BCUT2D eigenvalue weighted by molar-refractivity contribution is 0.261. The molecule has 0 aromatic carbocycles. The molecule has 21 heavy (non-hydrogen) atoms. The summed E-state index contributed by atoms with van der Waals surface area (Å²) in [5.41, 5.74) is 2.02. The van der Waals surface area contributed by atoms with Gasteiger partial charge in [-0.3, -0.25) is 0 Å². The molecule has 0 atom stereocenters. The van der Waals surface area contributed by atoms with Crippen LogP contribution in [0.2, 0.25) is 0 Å². The zero-order valence-electron chi connectivity index (χ0n) is 11.9. The van der Waals surface area contributed by atoms with Crippen LogP contribution in [0.4, 0.5) is 0 Å². The molecular weight excluding hydrogens is 266 g/mol. The van der Waals surface area contributed by atoms with Crippen LogP contribution in [0.1, 0.15) is 5.69 Å². The predicted molar refractivity (Wildman–Crippen MR) is 80.2 cm³/mol. The molecule has 0 aliphatic heterocycles. The van der Waals surface area contributed by atoms with E-state index in [9.17, 15) is 0 Å². The van der Waals surface area contributed by atoms with E-state index in [1.165, 1.54) is 0 Å². The van der Waals surface area contributed by atoms with Gasteiger partial charge in [-0.2, -0.15) is 5.26 Å². The largest absolute Gasteiger partial charge is 0.491 e. The summed E-state index contributed by atoms with van der Waals surface area (Å²) < 4.78 is 5.70. The van der Waals surface area contributed by atoms with Crippen molar-refractivity contribution in [1.29, 1.82) is 5.26 Å². The Balaban J connectivity index is 1.99. The van der Waals surface area contributed by atoms with Gasteiger partial charge in [0.2, 0.25) is 0 Å². The fraction of sp³-hybridized carbons (Fsp3) is 0.267. The van der Waals surface area contributed by atoms with Gasteiger partial charge in [0.1, 0.15) is 29.8 Å². The summed E-state index contributed by atoms with van der Waals surface area (Å²) >= 11 is 0. The maximum Gasteiger partial charge on any atom is 0.141 e. The molecule has 0 saturated carbocycles. The predicted octanol–water partition coefficient (Wildman–Crippen LogP) is 1.92. The highest BCUT2D eigenvalue weighted by atomic mass is 16.5. The topological polar surface area (TPSA) is 77.8 Å². The second kappa shape index (κ2) is 5.38. The van der Waals surface area contributed by atoms with Gasteiger partial charge in [0.25, 0.3) is 0 Å². The average Bonchev–Trinajstić information content (AvgIpc) is 2.84. The first-order valence-electron chi connectivity index (χ1n) is 6.62. The molecule has 0 bridgehead atoms. The zero-order chi connectivity index (χ0) is 14.8. The second-order valence-corrected chi connectivity index (χ2v) is 5.07. The molecule has 3 rings (SSSR count). The van der Waals surface area contributed by atoms with E-state index in [0.29, 0.717) is 12.3 Å². The molecule has 3 heterocycles. The monoisotopic (exact) mass is 281 g/mol. The van der Waals surface area contributed by atoms with E-state index in [2.05, 4.69) is 25.9 Å². The molecule has 0 fully saturated rings. The molecular formula is C15H15N5O. The number of nitrogens with zero attached hydrogens (tertiary/aromatic N) is 4. The van der Waals surface area contributed by atoms with Crippen LogP contribution in [0.25, 0.3) is 21.9 Å². The molecule has 0 radical (unpaired) electrons. The lowest BCUT2D eigenvalue weighted by Crippen LogP contribution is -2.19. The molecule has 0 unspecified atom stereocenters. The van der Waals surface area contributed by atoms with Gasteiger partial charge in [-0.25, -0.2) is 9.97 Å². The minimum atomic E-state index is 0.391. The zero-order valence-corrected chi connectivity index (χ0v) is 11.9. The summed E-state index contributed by atoms with van der Waals surface area (Å²) in [4.78, 5) is 13.7. The van der Waals surface area contributed by atoms with Crippen LogP contribution in [0.5, 0.6) is 5.75 Å². The molecule has 3 aromatic heterocycles. The molecule has 0 aliphatic carbocycles. The van der Waals surface area contributed by atoms with E-state index in [-0.39, 0.29) is 0 Å². The van der Waals surface area contributed by atoms with Crippen LogP contribution in [0, 0.1) is 11.3 Å². The molecule has 3 aromatic rings. The third-order valence-corrected chi connectivity index (χ3v) is 3.23. The van der Waals surface area contributed by atoms with Crippen molar-refractivity contribution in [3.05, 3.63) is 30.2 Å². The van der Waals surface area contributed by atoms with Crippen molar-refractivity contribution in [2.45, 2.75) is 0 Å². The SMILES string of the molecule is CN(C)CCOc1cnc2[nH]c3cnc(C#N)cc3c2c1. The van der Waals surface area contributed by atoms with Crippen molar-refractivity contribution in [3.8, 4) is 11.8 Å². The van der Waals surface area contributed by atoms with Gasteiger partial charge in [0, 0.05) is 17.3 Å². The number of aromatic nitrogens is 3. The Kier molecular flexibility index (Phi) is 3.42. The molecule has 1 N–H and O–H groups in total. The van der Waals surface area contributed by atoms with Gasteiger partial charge >= 0.3 is 0 Å². The summed E-state index contributed by atoms with van der Waals surface area (Å²) in [7, 11) is 4.00. The van der Waals surface area contributed by atoms with Crippen molar-refractivity contribution < 1.29 is 4.74 Å². The first-order chi connectivity index (χ1) is 10.2. The van der Waals surface area contributed by atoms with Crippen LogP contribution in [-0.4, -0.2) is 47.1 Å². The maximum atomic E-state index is 8.96. The number of aromatic amines is 1. The summed E-state index contributed by atoms with van der Waals surface area (Å²) in [6.07, 6.45) is 3.36. The molecule has 0 spiro atoms. The number of hydrogen-bond donors (Lipinski definition) is 1. The van der Waals surface area contributed by atoms with Crippen LogP contribution in [0.15, 0.2) is 24.5 Å². The van der Waals surface area contributed by atoms with Gasteiger partial charge in [0.05, 0.1) is 17.9 Å². The van der Waals surface area contributed by atoms with E-state index < -0.39 is 0 Å². The van der Waals surface area contributed by atoms with Gasteiger partial charge in [0.15, 0.2) is 0 Å². The number of H-pyrrole nitrogens is 1. The number of pyridine rings is 2. The van der Waals surface area contributed by atoms with Crippen LogP contribution < -0.4 is 4.74 Å². The third-order valence-electron chi connectivity index (χ3n) is 3.23. The normalized spacial score (nSPS) is 11.1. The number of fused-ring (bicyclic) bond motifs is 3. The third kappa shape index (κ3) is 2.64. The Morgan fingerprint density at radius 3 is 2.86 bits per heavy atom. The van der Waals surface area contributed by atoms with E-state index in [1.54, 1.807) is 18.5 Å². The first kappa shape index (κ1) is 13.3. The smallest absolute Gasteiger partial charge is 0.141 e. The quantitative estimate of drug-likeness (QED) is 0.790. The van der Waals surface area contributed by atoms with Gasteiger partial charge in [-0.05, 0) is 26.2 Å². The van der Waals surface area contributed by atoms with Crippen LogP contribution >= 0.6 is 0 Å². The molecule has 0 saturated heterocycles. The standard InChI is InChI=1S/C15H15N5O/c1-20(2)3-4-21-11-6-13-12-5-10(7-16)17-9-14(12)19-15(13)18-8-11/h5-6,8-9H,3-4H2,1-2H3,(H,18,19). The molecule has 0 aliphatic rings. The number of likely N-dealkylation sites (N-methyl/N-ethyl adjacent to an activating group) is 1. The van der Waals surface area contributed by atoms with Crippen LogP contribution in [-0.2, 0) is 0 Å². The summed E-state index contributed by atoms with van der Waals surface area (Å²) in [6, 6.07) is 5.76. The number of rotatable bonds is 4. The summed E-state index contributed by atoms with van der Waals surface area (Å²) in [5.74, 6) is 0.723. The Labute approximate surface area is 122 Å². The van der Waals surface area contributed by atoms with Crippen molar-refractivity contribution in [2.24, 2.45) is 0 Å². The van der Waals surface area contributed by atoms with Crippen molar-refractivity contribution >= 4 is 21.9 Å². The Morgan fingerprint density at radius 1 is 1.24 bits per heavy atom. The fourth-order valence-corrected chi connectivity index (χ4v) is 2.14. The highest BCUT2D eigenvalue weighted by molar-refractivity contribution is 6.06. The van der Waals surface area contributed by atoms with Gasteiger partial charge in [-0.1, -0.05) is 0 Å². The van der Waals surface area contributed by atoms with E-state index in [0.717, 1.165) is 34.2 Å². The Hall–Kier alpha value is -2.65. The summed E-state index contributed by atoms with van der Waals surface area (Å²) in [5, 5.41) is 10.8. The Morgan fingerprint density at radius 2 is 2.10 bits per heavy atom. The lowest BCUT2D eigenvalue weighted by atomic mass is 10.2. The van der Waals surface area contributed by atoms with E-state index >= 15 is 0 Å². The van der Waals surface area contributed by atoms with Crippen molar-refractivity contribution in [2.75, 3.05) is 27.2 Å². The number of nitrogens with one attached hydrogen (secondary N) is 1. The first-order valence-corrected chi connectivity index (χ1v) is 6.62. The Bertz CT molecular complexity index is 831. The van der Waals surface area contributed by atoms with Gasteiger partial charge < -0.3 is 14.6 Å².